The fourth-order valence-corrected chi connectivity index (χ4v) is 1.65. The average Bonchev–Trinajstić information content (AvgIpc) is 2.32. The number of nitrogens with zero attached hydrogens (tertiary/aromatic N) is 1. The third kappa shape index (κ3) is 2.94. The van der Waals surface area contributed by atoms with Gasteiger partial charge in [-0.15, -0.1) is 0 Å². The van der Waals surface area contributed by atoms with Crippen molar-refractivity contribution in [2.24, 2.45) is 0 Å². The first-order valence-corrected chi connectivity index (χ1v) is 5.63. The van der Waals surface area contributed by atoms with Crippen molar-refractivity contribution < 1.29 is 4.39 Å². The molecule has 0 saturated carbocycles. The van der Waals surface area contributed by atoms with Gasteiger partial charge in [0.25, 0.3) is 0 Å². The van der Waals surface area contributed by atoms with Crippen LogP contribution in [0.3, 0.4) is 0 Å². The van der Waals surface area contributed by atoms with E-state index in [2.05, 4.69) is 10.3 Å². The molecule has 0 amide bonds. The van der Waals surface area contributed by atoms with Gasteiger partial charge in [-0.05, 0) is 30.2 Å². The van der Waals surface area contributed by atoms with Gasteiger partial charge >= 0.3 is 0 Å². The van der Waals surface area contributed by atoms with Crippen LogP contribution in [-0.4, -0.2) is 4.98 Å². The fourth-order valence-electron chi connectivity index (χ4n) is 1.46. The molecule has 1 aromatic heterocycles. The Hall–Kier alpha value is -1.61. The number of hydrogen-bond acceptors (Lipinski definition) is 2. The van der Waals surface area contributed by atoms with Crippen molar-refractivity contribution in [3.8, 4) is 0 Å². The molecule has 0 bridgehead atoms. The first-order valence-electron chi connectivity index (χ1n) is 5.25. The Labute approximate surface area is 104 Å². The largest absolute Gasteiger partial charge is 0.380 e. The van der Waals surface area contributed by atoms with Gasteiger partial charge in [-0.25, -0.2) is 4.39 Å². The summed E-state index contributed by atoms with van der Waals surface area (Å²) in [5, 5.41) is 3.69. The van der Waals surface area contributed by atoms with Crippen molar-refractivity contribution in [1.82, 2.24) is 4.98 Å². The molecule has 1 heterocycles. The number of hydrogen-bond donors (Lipinski definition) is 1. The Kier molecular flexibility index (Phi) is 3.59. The maximum atomic E-state index is 13.3. The zero-order valence-electron chi connectivity index (χ0n) is 9.37. The number of aromatic nitrogens is 1. The number of nitrogens with one attached hydrogen (secondary N) is 1. The standard InChI is InChI=1S/C13H12ClFN2/c1-9-2-3-10(6-12(9)15)7-17-13-4-5-16-8-11(13)14/h2-6,8H,7H2,1H3,(H,16,17). The summed E-state index contributed by atoms with van der Waals surface area (Å²) in [5.41, 5.74) is 2.32. The van der Waals surface area contributed by atoms with E-state index in [-0.39, 0.29) is 5.82 Å². The highest BCUT2D eigenvalue weighted by Crippen LogP contribution is 2.20. The minimum atomic E-state index is -0.190. The maximum absolute atomic E-state index is 13.3. The predicted molar refractivity (Wildman–Crippen MR) is 67.7 cm³/mol. The Morgan fingerprint density at radius 1 is 1.35 bits per heavy atom. The summed E-state index contributed by atoms with van der Waals surface area (Å²) in [5.74, 6) is -0.190. The third-order valence-electron chi connectivity index (χ3n) is 2.49. The van der Waals surface area contributed by atoms with Crippen LogP contribution < -0.4 is 5.32 Å². The Morgan fingerprint density at radius 3 is 2.88 bits per heavy atom. The highest BCUT2D eigenvalue weighted by atomic mass is 35.5. The number of aryl methyl sites for hydroxylation is 1. The van der Waals surface area contributed by atoms with E-state index >= 15 is 0 Å². The highest BCUT2D eigenvalue weighted by molar-refractivity contribution is 6.33. The van der Waals surface area contributed by atoms with E-state index in [1.54, 1.807) is 31.5 Å². The zero-order chi connectivity index (χ0) is 12.3. The molecule has 1 N–H and O–H groups in total. The lowest BCUT2D eigenvalue weighted by atomic mass is 10.1. The van der Waals surface area contributed by atoms with E-state index in [9.17, 15) is 4.39 Å². The van der Waals surface area contributed by atoms with E-state index in [1.807, 2.05) is 6.07 Å². The average molecular weight is 251 g/mol. The molecule has 0 atom stereocenters. The van der Waals surface area contributed by atoms with Crippen molar-refractivity contribution in [2.45, 2.75) is 13.5 Å². The molecule has 0 radical (unpaired) electrons. The topological polar surface area (TPSA) is 24.9 Å². The first-order chi connectivity index (χ1) is 8.16. The lowest BCUT2D eigenvalue weighted by Crippen LogP contribution is -2.01. The molecule has 2 aromatic rings. The van der Waals surface area contributed by atoms with Gasteiger partial charge in [-0.1, -0.05) is 23.7 Å². The van der Waals surface area contributed by atoms with Gasteiger partial charge in [0.15, 0.2) is 0 Å². The van der Waals surface area contributed by atoms with E-state index in [4.69, 9.17) is 11.6 Å². The number of benzene rings is 1. The molecular weight excluding hydrogens is 239 g/mol. The highest BCUT2D eigenvalue weighted by Gasteiger charge is 2.01. The van der Waals surface area contributed by atoms with Gasteiger partial charge in [0.2, 0.25) is 0 Å². The van der Waals surface area contributed by atoms with Crippen LogP contribution in [0, 0.1) is 12.7 Å². The molecule has 2 nitrogen and oxygen atoms in total. The number of anilines is 1. The van der Waals surface area contributed by atoms with Gasteiger partial charge in [0.1, 0.15) is 5.82 Å². The van der Waals surface area contributed by atoms with Crippen LogP contribution >= 0.6 is 11.6 Å². The van der Waals surface area contributed by atoms with E-state index in [1.165, 1.54) is 6.07 Å². The van der Waals surface area contributed by atoms with E-state index in [0.29, 0.717) is 17.1 Å². The molecule has 0 aliphatic heterocycles. The SMILES string of the molecule is Cc1ccc(CNc2ccncc2Cl)cc1F. The van der Waals surface area contributed by atoms with Crippen LogP contribution in [0.5, 0.6) is 0 Å². The first kappa shape index (κ1) is 11.9. The quantitative estimate of drug-likeness (QED) is 0.896. The summed E-state index contributed by atoms with van der Waals surface area (Å²) in [4.78, 5) is 3.89. The van der Waals surface area contributed by atoms with Crippen LogP contribution in [-0.2, 0) is 6.54 Å². The second-order valence-electron chi connectivity index (χ2n) is 3.79. The van der Waals surface area contributed by atoms with Crippen molar-refractivity contribution in [3.05, 3.63) is 58.6 Å². The molecule has 0 aliphatic carbocycles. The Bertz CT molecular complexity index is 529. The summed E-state index contributed by atoms with van der Waals surface area (Å²) >= 11 is 5.95. The van der Waals surface area contributed by atoms with Crippen molar-refractivity contribution >= 4 is 17.3 Å². The summed E-state index contributed by atoms with van der Waals surface area (Å²) in [6.07, 6.45) is 3.23. The van der Waals surface area contributed by atoms with Crippen molar-refractivity contribution in [1.29, 1.82) is 0 Å². The monoisotopic (exact) mass is 250 g/mol. The lowest BCUT2D eigenvalue weighted by Gasteiger charge is -2.08. The minimum absolute atomic E-state index is 0.190. The summed E-state index contributed by atoms with van der Waals surface area (Å²) in [6.45, 7) is 2.27. The van der Waals surface area contributed by atoms with Gasteiger partial charge < -0.3 is 5.32 Å². The number of pyridine rings is 1. The normalized spacial score (nSPS) is 10.3. The molecule has 0 fully saturated rings. The molecule has 2 rings (SSSR count). The van der Waals surface area contributed by atoms with Crippen molar-refractivity contribution in [2.75, 3.05) is 5.32 Å². The second kappa shape index (κ2) is 5.15. The van der Waals surface area contributed by atoms with Gasteiger partial charge in [-0.2, -0.15) is 0 Å². The summed E-state index contributed by atoms with van der Waals surface area (Å²) in [7, 11) is 0. The van der Waals surface area contributed by atoms with Crippen molar-refractivity contribution in [3.63, 3.8) is 0 Å². The van der Waals surface area contributed by atoms with E-state index < -0.39 is 0 Å². The zero-order valence-corrected chi connectivity index (χ0v) is 10.1. The van der Waals surface area contributed by atoms with Crippen LogP contribution in [0.15, 0.2) is 36.7 Å². The summed E-state index contributed by atoms with van der Waals surface area (Å²) < 4.78 is 13.3. The second-order valence-corrected chi connectivity index (χ2v) is 4.20. The molecule has 0 unspecified atom stereocenters. The van der Waals surface area contributed by atoms with Gasteiger partial charge in [0.05, 0.1) is 10.7 Å². The smallest absolute Gasteiger partial charge is 0.126 e. The molecule has 4 heteroatoms. The summed E-state index contributed by atoms with van der Waals surface area (Å²) in [6, 6.07) is 6.96. The number of halogens is 2. The van der Waals surface area contributed by atoms with E-state index in [0.717, 1.165) is 11.3 Å². The Morgan fingerprint density at radius 2 is 2.18 bits per heavy atom. The molecule has 0 spiro atoms. The fraction of sp³-hybridized carbons (Fsp3) is 0.154. The van der Waals surface area contributed by atoms with Crippen LogP contribution in [0.2, 0.25) is 5.02 Å². The van der Waals surface area contributed by atoms with Crippen LogP contribution in [0.4, 0.5) is 10.1 Å². The lowest BCUT2D eigenvalue weighted by molar-refractivity contribution is 0.616. The van der Waals surface area contributed by atoms with Crippen LogP contribution in [0.1, 0.15) is 11.1 Å². The van der Waals surface area contributed by atoms with Gasteiger partial charge in [-0.3, -0.25) is 4.98 Å². The molecule has 0 aliphatic rings. The maximum Gasteiger partial charge on any atom is 0.126 e. The molecule has 88 valence electrons. The van der Waals surface area contributed by atoms with Gasteiger partial charge in [0, 0.05) is 18.9 Å². The molecule has 1 aromatic carbocycles. The molecule has 17 heavy (non-hydrogen) atoms. The van der Waals surface area contributed by atoms with Crippen LogP contribution in [0.25, 0.3) is 0 Å². The number of rotatable bonds is 3. The Balaban J connectivity index is 2.08. The minimum Gasteiger partial charge on any atom is -0.380 e. The predicted octanol–water partition coefficient (Wildman–Crippen LogP) is 3.79. The third-order valence-corrected chi connectivity index (χ3v) is 2.79. The molecule has 0 saturated heterocycles. The molecular formula is C13H12ClFN2.